The first-order valence-electron chi connectivity index (χ1n) is 8.56. The van der Waals surface area contributed by atoms with Gasteiger partial charge in [0.2, 0.25) is 0 Å². The van der Waals surface area contributed by atoms with Gasteiger partial charge in [-0.05, 0) is 56.2 Å². The lowest BCUT2D eigenvalue weighted by Gasteiger charge is -2.29. The molecule has 0 aliphatic heterocycles. The molecule has 2 N–H and O–H groups in total. The van der Waals surface area contributed by atoms with Gasteiger partial charge in [-0.1, -0.05) is 48.0 Å². The molecule has 1 aliphatic rings. The molecule has 3 rings (SSSR count). The molecule has 2 aromatic carbocycles. The van der Waals surface area contributed by atoms with Crippen LogP contribution in [0.1, 0.15) is 45.5 Å². The summed E-state index contributed by atoms with van der Waals surface area (Å²) < 4.78 is 0. The molecule has 0 heterocycles. The summed E-state index contributed by atoms with van der Waals surface area (Å²) in [5.74, 6) is 0.111. The Labute approximate surface area is 143 Å². The van der Waals surface area contributed by atoms with Gasteiger partial charge in [-0.15, -0.1) is 0 Å². The largest absolute Gasteiger partial charge is 0.383 e. The van der Waals surface area contributed by atoms with Crippen LogP contribution in [-0.2, 0) is 5.60 Å². The number of aryl methyl sites for hydroxylation is 3. The average Bonchev–Trinajstić information content (AvgIpc) is 3.38. The van der Waals surface area contributed by atoms with Crippen LogP contribution in [0.2, 0.25) is 0 Å². The average molecular weight is 323 g/mol. The van der Waals surface area contributed by atoms with Crippen LogP contribution in [0.25, 0.3) is 0 Å². The van der Waals surface area contributed by atoms with Crippen molar-refractivity contribution in [3.8, 4) is 0 Å². The first kappa shape index (κ1) is 16.7. The fourth-order valence-corrected chi connectivity index (χ4v) is 3.61. The zero-order valence-corrected chi connectivity index (χ0v) is 14.6. The number of nitrogens with one attached hydrogen (secondary N) is 1. The summed E-state index contributed by atoms with van der Waals surface area (Å²) >= 11 is 0. The van der Waals surface area contributed by atoms with Gasteiger partial charge in [0.05, 0.1) is 6.54 Å². The number of carbonyl (C=O) groups is 1. The van der Waals surface area contributed by atoms with Gasteiger partial charge >= 0.3 is 0 Å². The molecule has 1 fully saturated rings. The molecule has 1 saturated carbocycles. The van der Waals surface area contributed by atoms with Crippen molar-refractivity contribution in [2.45, 2.75) is 39.2 Å². The Morgan fingerprint density at radius 2 is 1.71 bits per heavy atom. The third-order valence-corrected chi connectivity index (χ3v) is 4.95. The maximum atomic E-state index is 12.7. The van der Waals surface area contributed by atoms with Gasteiger partial charge in [0.25, 0.3) is 5.91 Å². The smallest absolute Gasteiger partial charge is 0.251 e. The second-order valence-corrected chi connectivity index (χ2v) is 7.02. The topological polar surface area (TPSA) is 49.3 Å². The van der Waals surface area contributed by atoms with E-state index >= 15 is 0 Å². The molecule has 0 saturated heterocycles. The monoisotopic (exact) mass is 323 g/mol. The van der Waals surface area contributed by atoms with Crippen LogP contribution in [0.5, 0.6) is 0 Å². The summed E-state index contributed by atoms with van der Waals surface area (Å²) in [5, 5.41) is 14.2. The maximum Gasteiger partial charge on any atom is 0.251 e. The van der Waals surface area contributed by atoms with E-state index in [2.05, 4.69) is 5.32 Å². The van der Waals surface area contributed by atoms with E-state index < -0.39 is 5.60 Å². The Balaban J connectivity index is 1.80. The number of hydrogen-bond donors (Lipinski definition) is 2. The highest BCUT2D eigenvalue weighted by Gasteiger charge is 2.45. The molecule has 1 unspecified atom stereocenters. The van der Waals surface area contributed by atoms with Gasteiger partial charge in [-0.2, -0.15) is 0 Å². The zero-order chi connectivity index (χ0) is 17.3. The Hall–Kier alpha value is -2.13. The summed E-state index contributed by atoms with van der Waals surface area (Å²) in [7, 11) is 0. The highest BCUT2D eigenvalue weighted by Crippen LogP contribution is 2.45. The Morgan fingerprint density at radius 1 is 1.12 bits per heavy atom. The van der Waals surface area contributed by atoms with E-state index in [4.69, 9.17) is 0 Å². The van der Waals surface area contributed by atoms with Crippen LogP contribution in [0.15, 0.2) is 42.5 Å². The SMILES string of the molecule is Cc1cc(C)c(C(=O)NCC(O)(c2ccccc2)C2CC2)c(C)c1. The minimum absolute atomic E-state index is 0.111. The Morgan fingerprint density at radius 3 is 2.25 bits per heavy atom. The standard InChI is InChI=1S/C21H25NO2/c1-14-11-15(2)19(16(3)12-14)20(23)22-13-21(24,18-9-10-18)17-7-5-4-6-8-17/h4-8,11-12,18,24H,9-10,13H2,1-3H3,(H,22,23). The van der Waals surface area contributed by atoms with E-state index in [1.807, 2.05) is 63.2 Å². The van der Waals surface area contributed by atoms with E-state index in [-0.39, 0.29) is 18.4 Å². The van der Waals surface area contributed by atoms with Gasteiger partial charge in [0, 0.05) is 5.56 Å². The van der Waals surface area contributed by atoms with Gasteiger partial charge in [0.1, 0.15) is 5.60 Å². The first-order valence-corrected chi connectivity index (χ1v) is 8.56. The molecule has 0 bridgehead atoms. The molecule has 3 nitrogen and oxygen atoms in total. The molecule has 0 aromatic heterocycles. The minimum Gasteiger partial charge on any atom is -0.383 e. The molecule has 24 heavy (non-hydrogen) atoms. The van der Waals surface area contributed by atoms with Gasteiger partial charge in [0.15, 0.2) is 0 Å². The van der Waals surface area contributed by atoms with Crippen LogP contribution in [0.4, 0.5) is 0 Å². The van der Waals surface area contributed by atoms with Crippen molar-refractivity contribution in [2.24, 2.45) is 5.92 Å². The van der Waals surface area contributed by atoms with Crippen LogP contribution >= 0.6 is 0 Å². The highest BCUT2D eigenvalue weighted by atomic mass is 16.3. The molecule has 1 amide bonds. The molecule has 0 spiro atoms. The predicted molar refractivity (Wildman–Crippen MR) is 96.0 cm³/mol. The minimum atomic E-state index is -0.983. The summed E-state index contributed by atoms with van der Waals surface area (Å²) in [4.78, 5) is 12.7. The van der Waals surface area contributed by atoms with E-state index in [0.29, 0.717) is 5.56 Å². The lowest BCUT2D eigenvalue weighted by Crippen LogP contribution is -2.42. The number of benzene rings is 2. The highest BCUT2D eigenvalue weighted by molar-refractivity contribution is 5.97. The fourth-order valence-electron chi connectivity index (χ4n) is 3.61. The van der Waals surface area contributed by atoms with Crippen LogP contribution < -0.4 is 5.32 Å². The third-order valence-electron chi connectivity index (χ3n) is 4.95. The van der Waals surface area contributed by atoms with Gasteiger partial charge in [-0.3, -0.25) is 4.79 Å². The lowest BCUT2D eigenvalue weighted by molar-refractivity contribution is 0.0135. The van der Waals surface area contributed by atoms with Gasteiger partial charge < -0.3 is 10.4 Å². The normalized spacial score (nSPS) is 16.5. The van der Waals surface area contributed by atoms with E-state index in [9.17, 15) is 9.90 Å². The van der Waals surface area contributed by atoms with Crippen molar-refractivity contribution in [2.75, 3.05) is 6.54 Å². The van der Waals surface area contributed by atoms with Crippen molar-refractivity contribution in [3.63, 3.8) is 0 Å². The summed E-state index contributed by atoms with van der Waals surface area (Å²) in [6, 6.07) is 13.7. The molecule has 126 valence electrons. The summed E-state index contributed by atoms with van der Waals surface area (Å²) in [5.41, 5.74) is 3.71. The predicted octanol–water partition coefficient (Wildman–Crippen LogP) is 3.64. The van der Waals surface area contributed by atoms with Crippen molar-refractivity contribution in [1.29, 1.82) is 0 Å². The van der Waals surface area contributed by atoms with E-state index in [0.717, 1.165) is 35.1 Å². The molecule has 1 atom stereocenters. The number of rotatable bonds is 5. The first-order chi connectivity index (χ1) is 11.4. The van der Waals surface area contributed by atoms with Crippen LogP contribution in [0, 0.1) is 26.7 Å². The third kappa shape index (κ3) is 3.22. The molecule has 2 aromatic rings. The Bertz CT molecular complexity index is 727. The molecule has 3 heteroatoms. The number of aliphatic hydroxyl groups is 1. The van der Waals surface area contributed by atoms with Crippen molar-refractivity contribution < 1.29 is 9.90 Å². The quantitative estimate of drug-likeness (QED) is 0.882. The maximum absolute atomic E-state index is 12.7. The second-order valence-electron chi connectivity index (χ2n) is 7.02. The molecular formula is C21H25NO2. The zero-order valence-electron chi connectivity index (χ0n) is 14.6. The van der Waals surface area contributed by atoms with Crippen molar-refractivity contribution >= 4 is 5.91 Å². The molecular weight excluding hydrogens is 298 g/mol. The summed E-state index contributed by atoms with van der Waals surface area (Å²) in [6.07, 6.45) is 2.01. The fraction of sp³-hybridized carbons (Fsp3) is 0.381. The molecule has 0 radical (unpaired) electrons. The van der Waals surface area contributed by atoms with Crippen LogP contribution in [0.3, 0.4) is 0 Å². The van der Waals surface area contributed by atoms with Gasteiger partial charge in [-0.25, -0.2) is 0 Å². The number of carbonyl (C=O) groups excluding carboxylic acids is 1. The number of amides is 1. The Kier molecular flexibility index (Phi) is 4.46. The van der Waals surface area contributed by atoms with Crippen molar-refractivity contribution in [1.82, 2.24) is 5.32 Å². The van der Waals surface area contributed by atoms with E-state index in [1.54, 1.807) is 0 Å². The van der Waals surface area contributed by atoms with Crippen molar-refractivity contribution in [3.05, 3.63) is 70.3 Å². The number of hydrogen-bond acceptors (Lipinski definition) is 2. The summed E-state index contributed by atoms with van der Waals surface area (Å²) in [6.45, 7) is 6.19. The second kappa shape index (κ2) is 6.40. The van der Waals surface area contributed by atoms with E-state index in [1.165, 1.54) is 0 Å². The molecule has 1 aliphatic carbocycles. The van der Waals surface area contributed by atoms with Crippen LogP contribution in [-0.4, -0.2) is 17.6 Å². The lowest BCUT2D eigenvalue weighted by atomic mass is 9.88.